The molecule has 1 fully saturated rings. The van der Waals surface area contributed by atoms with Gasteiger partial charge in [0.25, 0.3) is 0 Å². The Balaban J connectivity index is 0.000000941. The minimum atomic E-state index is -1.32. The summed E-state index contributed by atoms with van der Waals surface area (Å²) in [6.45, 7) is 6.88. The van der Waals surface area contributed by atoms with Crippen LogP contribution in [0.5, 0.6) is 0 Å². The van der Waals surface area contributed by atoms with Crippen molar-refractivity contribution in [1.82, 2.24) is 4.90 Å². The predicted molar refractivity (Wildman–Crippen MR) is 115 cm³/mol. The number of hydrogen-bond acceptors (Lipinski definition) is 2. The van der Waals surface area contributed by atoms with E-state index in [0.29, 0.717) is 6.42 Å². The van der Waals surface area contributed by atoms with Crippen LogP contribution in [-0.4, -0.2) is 36.9 Å². The van der Waals surface area contributed by atoms with Crippen molar-refractivity contribution in [3.8, 4) is 6.07 Å². The SMILES string of the molecule is CC#N.CCN(CCCc1ccc(C2CC(F)C2F)cc1)CCc1ccccc1. The summed E-state index contributed by atoms with van der Waals surface area (Å²) in [6, 6.07) is 20.5. The van der Waals surface area contributed by atoms with E-state index in [1.165, 1.54) is 18.1 Å². The van der Waals surface area contributed by atoms with Crippen LogP contribution in [0.3, 0.4) is 0 Å². The molecule has 2 nitrogen and oxygen atoms in total. The summed E-state index contributed by atoms with van der Waals surface area (Å²) in [5.41, 5.74) is 3.60. The lowest BCUT2D eigenvalue weighted by Crippen LogP contribution is -2.38. The Labute approximate surface area is 174 Å². The van der Waals surface area contributed by atoms with Gasteiger partial charge in [-0.25, -0.2) is 8.78 Å². The van der Waals surface area contributed by atoms with Crippen LogP contribution >= 0.6 is 0 Å². The fraction of sp³-hybridized carbons (Fsp3) is 0.480. The van der Waals surface area contributed by atoms with Crippen LogP contribution < -0.4 is 0 Å². The Morgan fingerprint density at radius 2 is 1.59 bits per heavy atom. The molecule has 3 rings (SSSR count). The molecule has 0 heterocycles. The Bertz CT molecular complexity index is 740. The van der Waals surface area contributed by atoms with E-state index in [1.54, 1.807) is 6.07 Å². The second kappa shape index (κ2) is 12.3. The zero-order valence-corrected chi connectivity index (χ0v) is 17.5. The Morgan fingerprint density at radius 3 is 2.14 bits per heavy atom. The highest BCUT2D eigenvalue weighted by molar-refractivity contribution is 5.29. The number of benzene rings is 2. The standard InChI is InChI=1S/C23H29F2N.C2H3N/c1-2-26(16-14-18-7-4-3-5-8-18)15-6-9-19-10-12-20(13-11-19)21-17-22(24)23(21)25;1-2-3/h3-5,7-8,10-13,21-23H,2,6,9,14-17H2,1H3;1H3. The summed E-state index contributed by atoms with van der Waals surface area (Å²) in [5, 5.41) is 7.32. The van der Waals surface area contributed by atoms with E-state index < -0.39 is 12.3 Å². The van der Waals surface area contributed by atoms with Gasteiger partial charge in [0.15, 0.2) is 0 Å². The molecule has 0 bridgehead atoms. The number of likely N-dealkylation sites (N-methyl/N-ethyl adjacent to an activating group) is 1. The van der Waals surface area contributed by atoms with Crippen LogP contribution in [0.25, 0.3) is 0 Å². The maximum Gasteiger partial charge on any atom is 0.138 e. The average Bonchev–Trinajstić information content (AvgIpc) is 2.76. The summed E-state index contributed by atoms with van der Waals surface area (Å²) in [5.74, 6) is -0.243. The van der Waals surface area contributed by atoms with Crippen LogP contribution in [-0.2, 0) is 12.8 Å². The van der Waals surface area contributed by atoms with Crippen molar-refractivity contribution in [2.75, 3.05) is 19.6 Å². The van der Waals surface area contributed by atoms with Gasteiger partial charge in [0.1, 0.15) is 12.3 Å². The molecular weight excluding hydrogens is 366 g/mol. The van der Waals surface area contributed by atoms with Crippen LogP contribution in [0.2, 0.25) is 0 Å². The van der Waals surface area contributed by atoms with Gasteiger partial charge in [-0.05, 0) is 55.5 Å². The number of aryl methyl sites for hydroxylation is 1. The van der Waals surface area contributed by atoms with Crippen molar-refractivity contribution in [2.24, 2.45) is 0 Å². The summed E-state index contributed by atoms with van der Waals surface area (Å²) in [6.07, 6.45) is 0.971. The van der Waals surface area contributed by atoms with Gasteiger partial charge in [0, 0.05) is 19.4 Å². The van der Waals surface area contributed by atoms with E-state index in [0.717, 1.165) is 44.5 Å². The molecule has 1 aliphatic rings. The molecule has 0 spiro atoms. The summed E-state index contributed by atoms with van der Waals surface area (Å²) in [4.78, 5) is 2.49. The fourth-order valence-corrected chi connectivity index (χ4v) is 3.68. The maximum atomic E-state index is 13.5. The maximum absolute atomic E-state index is 13.5. The first kappa shape index (κ1) is 23.0. The second-order valence-corrected chi connectivity index (χ2v) is 7.54. The lowest BCUT2D eigenvalue weighted by molar-refractivity contribution is 0.0428. The van der Waals surface area contributed by atoms with E-state index >= 15 is 0 Å². The molecule has 3 unspecified atom stereocenters. The highest BCUT2D eigenvalue weighted by atomic mass is 19.2. The van der Waals surface area contributed by atoms with Gasteiger partial charge < -0.3 is 4.90 Å². The molecule has 156 valence electrons. The summed E-state index contributed by atoms with van der Waals surface area (Å²) >= 11 is 0. The van der Waals surface area contributed by atoms with Gasteiger partial charge in [0.2, 0.25) is 0 Å². The monoisotopic (exact) mass is 398 g/mol. The predicted octanol–water partition coefficient (Wildman–Crippen LogP) is 5.88. The molecular formula is C25H32F2N2. The lowest BCUT2D eigenvalue weighted by atomic mass is 9.76. The van der Waals surface area contributed by atoms with Crippen LogP contribution in [0.4, 0.5) is 8.78 Å². The number of rotatable bonds is 9. The molecule has 2 aromatic rings. The molecule has 1 saturated carbocycles. The summed E-state index contributed by atoms with van der Waals surface area (Å²) < 4.78 is 26.5. The molecule has 29 heavy (non-hydrogen) atoms. The number of hydrogen-bond donors (Lipinski definition) is 0. The van der Waals surface area contributed by atoms with Crippen molar-refractivity contribution in [1.29, 1.82) is 5.26 Å². The summed E-state index contributed by atoms with van der Waals surface area (Å²) in [7, 11) is 0. The molecule has 0 radical (unpaired) electrons. The first-order valence-electron chi connectivity index (χ1n) is 10.5. The molecule has 3 atom stereocenters. The van der Waals surface area contributed by atoms with Crippen molar-refractivity contribution in [3.05, 3.63) is 71.3 Å². The highest BCUT2D eigenvalue weighted by Gasteiger charge is 2.42. The van der Waals surface area contributed by atoms with Crippen LogP contribution in [0, 0.1) is 11.3 Å². The largest absolute Gasteiger partial charge is 0.303 e. The fourth-order valence-electron chi connectivity index (χ4n) is 3.68. The molecule has 2 aromatic carbocycles. The van der Waals surface area contributed by atoms with Crippen molar-refractivity contribution < 1.29 is 8.78 Å². The van der Waals surface area contributed by atoms with Crippen molar-refractivity contribution >= 4 is 0 Å². The number of nitrogens with zero attached hydrogens (tertiary/aromatic N) is 2. The Kier molecular flexibility index (Phi) is 9.80. The van der Waals surface area contributed by atoms with Gasteiger partial charge >= 0.3 is 0 Å². The number of alkyl halides is 2. The van der Waals surface area contributed by atoms with E-state index in [9.17, 15) is 8.78 Å². The lowest BCUT2D eigenvalue weighted by Gasteiger charge is -2.34. The molecule has 0 aromatic heterocycles. The Hall–Kier alpha value is -2.25. The number of nitriles is 1. The van der Waals surface area contributed by atoms with E-state index in [2.05, 4.69) is 54.3 Å². The smallest absolute Gasteiger partial charge is 0.138 e. The third kappa shape index (κ3) is 7.25. The second-order valence-electron chi connectivity index (χ2n) is 7.54. The topological polar surface area (TPSA) is 27.0 Å². The van der Waals surface area contributed by atoms with Gasteiger partial charge in [-0.2, -0.15) is 5.26 Å². The molecule has 0 aliphatic heterocycles. The molecule has 4 heteroatoms. The van der Waals surface area contributed by atoms with Gasteiger partial charge in [-0.3, -0.25) is 0 Å². The van der Waals surface area contributed by atoms with E-state index in [-0.39, 0.29) is 5.92 Å². The molecule has 0 saturated heterocycles. The quantitative estimate of drug-likeness (QED) is 0.528. The van der Waals surface area contributed by atoms with Crippen molar-refractivity contribution in [3.63, 3.8) is 0 Å². The third-order valence-corrected chi connectivity index (χ3v) is 5.56. The van der Waals surface area contributed by atoms with E-state index in [4.69, 9.17) is 5.26 Å². The van der Waals surface area contributed by atoms with Crippen molar-refractivity contribution in [2.45, 2.75) is 57.8 Å². The minimum absolute atomic E-state index is 0.243. The number of halogens is 2. The molecule has 0 amide bonds. The van der Waals surface area contributed by atoms with Gasteiger partial charge in [0.05, 0.1) is 6.07 Å². The van der Waals surface area contributed by atoms with Gasteiger partial charge in [-0.1, -0.05) is 61.5 Å². The van der Waals surface area contributed by atoms with Gasteiger partial charge in [-0.15, -0.1) is 0 Å². The molecule has 0 N–H and O–H groups in total. The van der Waals surface area contributed by atoms with Crippen LogP contribution in [0.15, 0.2) is 54.6 Å². The zero-order valence-electron chi connectivity index (χ0n) is 17.5. The third-order valence-electron chi connectivity index (χ3n) is 5.56. The minimum Gasteiger partial charge on any atom is -0.303 e. The first-order chi connectivity index (χ1) is 14.1. The average molecular weight is 399 g/mol. The first-order valence-corrected chi connectivity index (χ1v) is 10.5. The highest BCUT2D eigenvalue weighted by Crippen LogP contribution is 2.41. The zero-order chi connectivity index (χ0) is 21.1. The van der Waals surface area contributed by atoms with Crippen LogP contribution in [0.1, 0.15) is 49.3 Å². The molecule has 1 aliphatic carbocycles. The normalized spacial score (nSPS) is 20.3. The Morgan fingerprint density at radius 1 is 0.966 bits per heavy atom. The van der Waals surface area contributed by atoms with E-state index in [1.807, 2.05) is 12.1 Å².